The van der Waals surface area contributed by atoms with Gasteiger partial charge in [0.15, 0.2) is 0 Å². The zero-order chi connectivity index (χ0) is 17.6. The van der Waals surface area contributed by atoms with E-state index in [0.29, 0.717) is 17.7 Å². The van der Waals surface area contributed by atoms with Gasteiger partial charge in [-0.3, -0.25) is 14.5 Å². The molecule has 0 radical (unpaired) electrons. The highest BCUT2D eigenvalue weighted by Gasteiger charge is 2.31. The number of anilines is 1. The summed E-state index contributed by atoms with van der Waals surface area (Å²) < 4.78 is 0. The number of hydrogen-bond donors (Lipinski definition) is 2. The molecule has 2 amide bonds. The molecule has 0 spiro atoms. The first-order valence-electron chi connectivity index (χ1n) is 9.25. The fraction of sp³-hybridized carbons (Fsp3) is 0.765. The van der Waals surface area contributed by atoms with E-state index < -0.39 is 0 Å². The predicted molar refractivity (Wildman–Crippen MR) is 97.3 cm³/mol. The van der Waals surface area contributed by atoms with Crippen LogP contribution in [-0.2, 0) is 9.59 Å². The summed E-state index contributed by atoms with van der Waals surface area (Å²) in [6, 6.07) is 0.129. The molecule has 1 saturated carbocycles. The molecule has 0 bridgehead atoms. The number of aromatic nitrogens is 2. The second-order valence-corrected chi connectivity index (χ2v) is 7.92. The van der Waals surface area contributed by atoms with E-state index in [4.69, 9.17) is 0 Å². The Hall–Kier alpha value is -1.54. The van der Waals surface area contributed by atoms with Crippen LogP contribution in [0.25, 0.3) is 0 Å². The van der Waals surface area contributed by atoms with E-state index in [0.717, 1.165) is 32.2 Å². The van der Waals surface area contributed by atoms with Gasteiger partial charge >= 0.3 is 0 Å². The van der Waals surface area contributed by atoms with Crippen molar-refractivity contribution in [3.63, 3.8) is 0 Å². The van der Waals surface area contributed by atoms with Gasteiger partial charge in [-0.1, -0.05) is 30.6 Å². The molecule has 1 aliphatic carbocycles. The van der Waals surface area contributed by atoms with Crippen LogP contribution >= 0.6 is 11.3 Å². The summed E-state index contributed by atoms with van der Waals surface area (Å²) in [4.78, 5) is 27.1. The van der Waals surface area contributed by atoms with Crippen LogP contribution in [0.5, 0.6) is 0 Å². The number of amides is 2. The maximum Gasteiger partial charge on any atom is 0.237 e. The number of carbonyl (C=O) groups is 2. The lowest BCUT2D eigenvalue weighted by Crippen LogP contribution is -2.52. The van der Waals surface area contributed by atoms with Crippen LogP contribution in [0.2, 0.25) is 0 Å². The fourth-order valence-corrected chi connectivity index (χ4v) is 4.19. The van der Waals surface area contributed by atoms with E-state index >= 15 is 0 Å². The van der Waals surface area contributed by atoms with Gasteiger partial charge in [-0.05, 0) is 39.2 Å². The molecule has 0 aromatic carbocycles. The molecule has 2 atom stereocenters. The van der Waals surface area contributed by atoms with Crippen molar-refractivity contribution in [1.82, 2.24) is 20.4 Å². The minimum absolute atomic E-state index is 0.0265. The van der Waals surface area contributed by atoms with Gasteiger partial charge in [0.2, 0.25) is 16.9 Å². The van der Waals surface area contributed by atoms with Crippen LogP contribution in [0.3, 0.4) is 0 Å². The third kappa shape index (κ3) is 4.98. The molecule has 8 heteroatoms. The van der Waals surface area contributed by atoms with Crippen molar-refractivity contribution in [2.75, 3.05) is 18.4 Å². The maximum absolute atomic E-state index is 12.6. The highest BCUT2D eigenvalue weighted by atomic mass is 32.1. The Morgan fingerprint density at radius 2 is 2.04 bits per heavy atom. The van der Waals surface area contributed by atoms with Crippen LogP contribution in [0.1, 0.15) is 51.9 Å². The van der Waals surface area contributed by atoms with Crippen LogP contribution in [-0.4, -0.2) is 52.1 Å². The Morgan fingerprint density at radius 1 is 1.24 bits per heavy atom. The molecule has 138 valence electrons. The third-order valence-corrected chi connectivity index (χ3v) is 5.90. The van der Waals surface area contributed by atoms with Crippen LogP contribution in [0, 0.1) is 5.92 Å². The molecule has 2 N–H and O–H groups in total. The van der Waals surface area contributed by atoms with E-state index in [1.165, 1.54) is 30.6 Å². The van der Waals surface area contributed by atoms with E-state index in [9.17, 15) is 9.59 Å². The minimum Gasteiger partial charge on any atom is -0.352 e. The van der Waals surface area contributed by atoms with Gasteiger partial charge in [-0.2, -0.15) is 0 Å². The average Bonchev–Trinajstić information content (AvgIpc) is 3.15. The number of piperidine rings is 1. The van der Waals surface area contributed by atoms with Gasteiger partial charge in [0, 0.05) is 12.6 Å². The van der Waals surface area contributed by atoms with Crippen LogP contribution in [0.15, 0.2) is 5.51 Å². The Morgan fingerprint density at radius 3 is 2.76 bits per heavy atom. The quantitative estimate of drug-likeness (QED) is 0.834. The van der Waals surface area contributed by atoms with Gasteiger partial charge in [-0.15, -0.1) is 10.2 Å². The molecule has 2 fully saturated rings. The monoisotopic (exact) mass is 365 g/mol. The van der Waals surface area contributed by atoms with Crippen molar-refractivity contribution in [2.24, 2.45) is 5.92 Å². The summed E-state index contributed by atoms with van der Waals surface area (Å²) in [5.74, 6) is -0.0407. The van der Waals surface area contributed by atoms with Gasteiger partial charge in [0.25, 0.3) is 0 Å². The SMILES string of the molecule is C[C@H](C(=O)NC1CCCCC1)N1CCC[C@@H](C(=O)Nc2nncs2)C1. The summed E-state index contributed by atoms with van der Waals surface area (Å²) >= 11 is 1.31. The number of carbonyl (C=O) groups excluding carboxylic acids is 2. The lowest BCUT2D eigenvalue weighted by molar-refractivity contribution is -0.129. The molecule has 1 aliphatic heterocycles. The summed E-state index contributed by atoms with van der Waals surface area (Å²) in [5.41, 5.74) is 1.60. The Kier molecular flexibility index (Phi) is 6.36. The number of likely N-dealkylation sites (tertiary alicyclic amines) is 1. The number of rotatable bonds is 5. The first kappa shape index (κ1) is 18.3. The maximum atomic E-state index is 12.6. The van der Waals surface area contributed by atoms with Crippen molar-refractivity contribution in [2.45, 2.75) is 64.0 Å². The molecule has 25 heavy (non-hydrogen) atoms. The molecule has 3 rings (SSSR count). The Bertz CT molecular complexity index is 574. The molecular weight excluding hydrogens is 338 g/mol. The van der Waals surface area contributed by atoms with E-state index in [1.807, 2.05) is 6.92 Å². The van der Waals surface area contributed by atoms with E-state index in [2.05, 4.69) is 25.7 Å². The lowest BCUT2D eigenvalue weighted by atomic mass is 9.94. The average molecular weight is 366 g/mol. The van der Waals surface area contributed by atoms with Crippen LogP contribution in [0.4, 0.5) is 5.13 Å². The van der Waals surface area contributed by atoms with Gasteiger partial charge in [0.1, 0.15) is 5.51 Å². The molecule has 1 aromatic rings. The normalized spacial score (nSPS) is 23.8. The molecule has 7 nitrogen and oxygen atoms in total. The predicted octanol–water partition coefficient (Wildman–Crippen LogP) is 2.03. The Balaban J connectivity index is 1.51. The van der Waals surface area contributed by atoms with Crippen LogP contribution < -0.4 is 10.6 Å². The van der Waals surface area contributed by atoms with Crippen molar-refractivity contribution < 1.29 is 9.59 Å². The van der Waals surface area contributed by atoms with Crippen molar-refractivity contribution in [3.05, 3.63) is 5.51 Å². The first-order valence-corrected chi connectivity index (χ1v) is 10.1. The molecular formula is C17H27N5O2S. The molecule has 0 unspecified atom stereocenters. The zero-order valence-corrected chi connectivity index (χ0v) is 15.6. The van der Waals surface area contributed by atoms with Crippen molar-refractivity contribution >= 4 is 28.3 Å². The zero-order valence-electron chi connectivity index (χ0n) is 14.7. The second-order valence-electron chi connectivity index (χ2n) is 7.09. The molecule has 1 saturated heterocycles. The van der Waals surface area contributed by atoms with E-state index in [-0.39, 0.29) is 23.8 Å². The molecule has 2 aliphatic rings. The number of hydrogen-bond acceptors (Lipinski definition) is 6. The third-order valence-electron chi connectivity index (χ3n) is 5.29. The summed E-state index contributed by atoms with van der Waals surface area (Å²) in [7, 11) is 0. The highest BCUT2D eigenvalue weighted by Crippen LogP contribution is 2.22. The molecule has 2 heterocycles. The Labute approximate surface area is 152 Å². The van der Waals surface area contributed by atoms with Gasteiger partial charge < -0.3 is 10.6 Å². The van der Waals surface area contributed by atoms with E-state index in [1.54, 1.807) is 5.51 Å². The summed E-state index contributed by atoms with van der Waals surface area (Å²) in [6.45, 7) is 3.43. The second kappa shape index (κ2) is 8.71. The number of nitrogens with zero attached hydrogens (tertiary/aromatic N) is 3. The topological polar surface area (TPSA) is 87.2 Å². The van der Waals surface area contributed by atoms with Gasteiger partial charge in [-0.25, -0.2) is 0 Å². The lowest BCUT2D eigenvalue weighted by Gasteiger charge is -2.36. The fourth-order valence-electron chi connectivity index (χ4n) is 3.74. The number of nitrogens with one attached hydrogen (secondary N) is 2. The summed E-state index contributed by atoms with van der Waals surface area (Å²) in [6.07, 6.45) is 7.64. The standard InChI is InChI=1S/C17H27N5O2S/c1-12(15(23)19-14-7-3-2-4-8-14)22-9-5-6-13(10-22)16(24)20-17-21-18-11-25-17/h11-14H,2-10H2,1H3,(H,19,23)(H,20,21,24)/t12-,13-/m1/s1. The minimum atomic E-state index is -0.195. The summed E-state index contributed by atoms with van der Waals surface area (Å²) in [5, 5.41) is 14.1. The van der Waals surface area contributed by atoms with Gasteiger partial charge in [0.05, 0.1) is 12.0 Å². The first-order chi connectivity index (χ1) is 12.1. The molecule has 1 aromatic heterocycles. The van der Waals surface area contributed by atoms with Crippen molar-refractivity contribution in [1.29, 1.82) is 0 Å². The largest absolute Gasteiger partial charge is 0.352 e. The van der Waals surface area contributed by atoms with Crippen molar-refractivity contribution in [3.8, 4) is 0 Å². The highest BCUT2D eigenvalue weighted by molar-refractivity contribution is 7.13. The smallest absolute Gasteiger partial charge is 0.237 e.